The summed E-state index contributed by atoms with van der Waals surface area (Å²) in [6, 6.07) is 0. The first kappa shape index (κ1) is 11.4. The summed E-state index contributed by atoms with van der Waals surface area (Å²) in [5.41, 5.74) is 5.57. The van der Waals surface area contributed by atoms with Gasteiger partial charge in [-0.1, -0.05) is 13.3 Å². The van der Waals surface area contributed by atoms with Crippen molar-refractivity contribution in [3.05, 3.63) is 11.1 Å². The predicted molar refractivity (Wildman–Crippen MR) is 65.0 cm³/mol. The van der Waals surface area contributed by atoms with Crippen molar-refractivity contribution in [1.29, 1.82) is 0 Å². The number of carbonyl (C=O) groups excluding carboxylic acids is 1. The molecule has 0 spiro atoms. The number of nitrogens with two attached hydrogens (primary N) is 1. The lowest BCUT2D eigenvalue weighted by Gasteiger charge is -2.14. The molecule has 5 heteroatoms. The van der Waals surface area contributed by atoms with Crippen LogP contribution in [0.3, 0.4) is 0 Å². The van der Waals surface area contributed by atoms with Crippen molar-refractivity contribution in [2.24, 2.45) is 5.92 Å². The van der Waals surface area contributed by atoms with Crippen LogP contribution in [0, 0.1) is 5.92 Å². The summed E-state index contributed by atoms with van der Waals surface area (Å²) in [5.74, 6) is 0.813. The molecule has 1 atom stereocenters. The molecule has 0 radical (unpaired) electrons. The van der Waals surface area contributed by atoms with Crippen molar-refractivity contribution in [1.82, 2.24) is 9.88 Å². The summed E-state index contributed by atoms with van der Waals surface area (Å²) in [7, 11) is 0. The molecule has 1 aromatic heterocycles. The third-order valence-electron chi connectivity index (χ3n) is 2.91. The molecule has 0 aromatic carbocycles. The second-order valence-corrected chi connectivity index (χ2v) is 5.44. The van der Waals surface area contributed by atoms with E-state index in [1.807, 2.05) is 4.90 Å². The molecule has 0 bridgehead atoms. The molecule has 1 saturated heterocycles. The largest absolute Gasteiger partial charge is 0.375 e. The fourth-order valence-corrected chi connectivity index (χ4v) is 2.89. The van der Waals surface area contributed by atoms with Crippen LogP contribution < -0.4 is 5.73 Å². The monoisotopic (exact) mass is 239 g/mol. The van der Waals surface area contributed by atoms with Crippen molar-refractivity contribution in [3.63, 3.8) is 0 Å². The number of likely N-dealkylation sites (tertiary alicyclic amines) is 1. The van der Waals surface area contributed by atoms with Gasteiger partial charge in [-0.15, -0.1) is 11.3 Å². The van der Waals surface area contributed by atoms with Crippen molar-refractivity contribution in [2.45, 2.75) is 32.7 Å². The minimum absolute atomic E-state index is 0.269. The van der Waals surface area contributed by atoms with E-state index in [1.165, 1.54) is 11.3 Å². The number of hydrogen-bond donors (Lipinski definition) is 1. The maximum Gasteiger partial charge on any atom is 0.223 e. The van der Waals surface area contributed by atoms with Crippen LogP contribution in [0.25, 0.3) is 0 Å². The Morgan fingerprint density at radius 1 is 1.69 bits per heavy atom. The van der Waals surface area contributed by atoms with E-state index >= 15 is 0 Å². The van der Waals surface area contributed by atoms with Crippen LogP contribution in [0.4, 0.5) is 5.13 Å². The number of nitrogens with zero attached hydrogens (tertiary/aromatic N) is 2. The van der Waals surface area contributed by atoms with E-state index in [-0.39, 0.29) is 5.91 Å². The van der Waals surface area contributed by atoms with Gasteiger partial charge < -0.3 is 10.6 Å². The average Bonchev–Trinajstić information content (AvgIpc) is 2.76. The molecule has 4 nitrogen and oxygen atoms in total. The minimum atomic E-state index is 0.269. The molecular weight excluding hydrogens is 222 g/mol. The molecule has 1 unspecified atom stereocenters. The van der Waals surface area contributed by atoms with E-state index in [4.69, 9.17) is 5.73 Å². The van der Waals surface area contributed by atoms with Crippen molar-refractivity contribution < 1.29 is 4.79 Å². The third-order valence-corrected chi connectivity index (χ3v) is 3.72. The van der Waals surface area contributed by atoms with Crippen LogP contribution in [0.1, 0.15) is 31.1 Å². The molecule has 1 amide bonds. The Balaban J connectivity index is 1.93. The normalized spacial score (nSPS) is 20.7. The first-order valence-electron chi connectivity index (χ1n) is 5.67. The number of rotatable bonds is 4. The van der Waals surface area contributed by atoms with Crippen LogP contribution in [0.2, 0.25) is 0 Å². The van der Waals surface area contributed by atoms with Gasteiger partial charge in [-0.3, -0.25) is 4.79 Å². The number of amides is 1. The summed E-state index contributed by atoms with van der Waals surface area (Å²) in [6.07, 6.45) is 4.77. The Labute approximate surface area is 99.5 Å². The summed E-state index contributed by atoms with van der Waals surface area (Å²) in [6.45, 7) is 3.73. The fourth-order valence-electron chi connectivity index (χ4n) is 2.19. The summed E-state index contributed by atoms with van der Waals surface area (Å²) in [5, 5.41) is 0.576. The quantitative estimate of drug-likeness (QED) is 0.872. The number of aromatic nitrogens is 1. The molecule has 0 saturated carbocycles. The number of carbonyl (C=O) groups is 1. The first-order chi connectivity index (χ1) is 7.69. The zero-order valence-electron chi connectivity index (χ0n) is 9.48. The van der Waals surface area contributed by atoms with Gasteiger partial charge in [0, 0.05) is 24.0 Å². The van der Waals surface area contributed by atoms with Gasteiger partial charge in [0.25, 0.3) is 0 Å². The summed E-state index contributed by atoms with van der Waals surface area (Å²) < 4.78 is 0. The lowest BCUT2D eigenvalue weighted by atomic mass is 10.0. The maximum absolute atomic E-state index is 11.7. The van der Waals surface area contributed by atoms with Gasteiger partial charge >= 0.3 is 0 Å². The molecule has 2 N–H and O–H groups in total. The molecule has 16 heavy (non-hydrogen) atoms. The topological polar surface area (TPSA) is 59.2 Å². The Morgan fingerprint density at radius 3 is 3.12 bits per heavy atom. The van der Waals surface area contributed by atoms with Crippen LogP contribution in [-0.4, -0.2) is 22.3 Å². The molecule has 1 fully saturated rings. The van der Waals surface area contributed by atoms with E-state index in [0.717, 1.165) is 24.3 Å². The summed E-state index contributed by atoms with van der Waals surface area (Å²) >= 11 is 1.46. The standard InChI is InChI=1S/C11H17N3OS/c1-2-3-8-4-10(15)14(6-8)7-9-5-13-11(12)16-9/h5,8H,2-4,6-7H2,1H3,(H2,12,13). The second kappa shape index (κ2) is 4.82. The number of anilines is 1. The predicted octanol–water partition coefficient (Wildman–Crippen LogP) is 1.87. The van der Waals surface area contributed by atoms with Gasteiger partial charge in [0.15, 0.2) is 5.13 Å². The van der Waals surface area contributed by atoms with Gasteiger partial charge in [0.1, 0.15) is 0 Å². The Hall–Kier alpha value is -1.10. The zero-order chi connectivity index (χ0) is 11.5. The van der Waals surface area contributed by atoms with E-state index in [0.29, 0.717) is 24.0 Å². The van der Waals surface area contributed by atoms with Gasteiger partial charge in [-0.25, -0.2) is 4.98 Å². The smallest absolute Gasteiger partial charge is 0.223 e. The van der Waals surface area contributed by atoms with Crippen LogP contribution in [-0.2, 0) is 11.3 Å². The van der Waals surface area contributed by atoms with E-state index in [2.05, 4.69) is 11.9 Å². The Morgan fingerprint density at radius 2 is 2.50 bits per heavy atom. The molecule has 1 aromatic rings. The third kappa shape index (κ3) is 2.52. The lowest BCUT2D eigenvalue weighted by molar-refractivity contribution is -0.128. The molecule has 2 rings (SSSR count). The van der Waals surface area contributed by atoms with Gasteiger partial charge in [-0.05, 0) is 12.3 Å². The Bertz CT molecular complexity index is 377. The van der Waals surface area contributed by atoms with Crippen molar-refractivity contribution >= 4 is 22.4 Å². The molecule has 1 aliphatic rings. The van der Waals surface area contributed by atoms with Crippen molar-refractivity contribution in [2.75, 3.05) is 12.3 Å². The van der Waals surface area contributed by atoms with Gasteiger partial charge in [-0.2, -0.15) is 0 Å². The fraction of sp³-hybridized carbons (Fsp3) is 0.636. The highest BCUT2D eigenvalue weighted by atomic mass is 32.1. The Kier molecular flexibility index (Phi) is 3.43. The van der Waals surface area contributed by atoms with Gasteiger partial charge in [0.05, 0.1) is 6.54 Å². The van der Waals surface area contributed by atoms with E-state index < -0.39 is 0 Å². The molecule has 88 valence electrons. The maximum atomic E-state index is 11.7. The number of nitrogen functional groups attached to an aromatic ring is 1. The number of thiazole rings is 1. The molecule has 0 aliphatic carbocycles. The molecular formula is C11H17N3OS. The highest BCUT2D eigenvalue weighted by molar-refractivity contribution is 7.15. The van der Waals surface area contributed by atoms with E-state index in [9.17, 15) is 4.79 Å². The zero-order valence-corrected chi connectivity index (χ0v) is 10.3. The molecule has 1 aliphatic heterocycles. The molecule has 2 heterocycles. The van der Waals surface area contributed by atoms with E-state index in [1.54, 1.807) is 6.20 Å². The van der Waals surface area contributed by atoms with Crippen LogP contribution in [0.15, 0.2) is 6.20 Å². The lowest BCUT2D eigenvalue weighted by Crippen LogP contribution is -2.24. The number of hydrogen-bond acceptors (Lipinski definition) is 4. The van der Waals surface area contributed by atoms with Crippen LogP contribution >= 0.6 is 11.3 Å². The second-order valence-electron chi connectivity index (χ2n) is 4.30. The highest BCUT2D eigenvalue weighted by Gasteiger charge is 2.28. The average molecular weight is 239 g/mol. The van der Waals surface area contributed by atoms with Crippen LogP contribution in [0.5, 0.6) is 0 Å². The SMILES string of the molecule is CCCC1CC(=O)N(Cc2cnc(N)s2)C1. The summed E-state index contributed by atoms with van der Waals surface area (Å²) in [4.78, 5) is 18.7. The highest BCUT2D eigenvalue weighted by Crippen LogP contribution is 2.25. The first-order valence-corrected chi connectivity index (χ1v) is 6.48. The minimum Gasteiger partial charge on any atom is -0.375 e. The van der Waals surface area contributed by atoms with Gasteiger partial charge in [0.2, 0.25) is 5.91 Å². The van der Waals surface area contributed by atoms with Crippen molar-refractivity contribution in [3.8, 4) is 0 Å².